The topological polar surface area (TPSA) is 67.4 Å². The fraction of sp³-hybridized carbons (Fsp3) is 0.176. The minimum Gasteiger partial charge on any atom is -0.494 e. The standard InChI is InChI=1S/C17H15F3N2O3/c1-2-25-12-5-3-11(4-6-12)22-15(23)9-21-17(24)10-7-13(18)16(20)14(19)8-10/h3-8H,2,9H2,1H3,(H,21,24)(H,22,23). The van der Waals surface area contributed by atoms with Crippen molar-refractivity contribution in [3.8, 4) is 5.75 Å². The van der Waals surface area contributed by atoms with Crippen LogP contribution in [0.15, 0.2) is 36.4 Å². The van der Waals surface area contributed by atoms with E-state index in [1.54, 1.807) is 24.3 Å². The number of hydrogen-bond donors (Lipinski definition) is 2. The molecule has 0 heterocycles. The molecule has 0 bridgehead atoms. The van der Waals surface area contributed by atoms with Crippen LogP contribution in [0.3, 0.4) is 0 Å². The molecule has 2 N–H and O–H groups in total. The van der Waals surface area contributed by atoms with Crippen LogP contribution in [-0.4, -0.2) is 25.0 Å². The summed E-state index contributed by atoms with van der Waals surface area (Å²) in [7, 11) is 0. The Kier molecular flexibility index (Phi) is 5.99. The van der Waals surface area contributed by atoms with Gasteiger partial charge >= 0.3 is 0 Å². The lowest BCUT2D eigenvalue weighted by atomic mass is 10.2. The molecule has 0 unspecified atom stereocenters. The average molecular weight is 352 g/mol. The van der Waals surface area contributed by atoms with E-state index >= 15 is 0 Å². The lowest BCUT2D eigenvalue weighted by Crippen LogP contribution is -2.33. The van der Waals surface area contributed by atoms with E-state index in [0.29, 0.717) is 30.2 Å². The molecule has 0 fully saturated rings. The van der Waals surface area contributed by atoms with Crippen LogP contribution in [0.25, 0.3) is 0 Å². The predicted molar refractivity (Wildman–Crippen MR) is 84.9 cm³/mol. The number of halogens is 3. The van der Waals surface area contributed by atoms with Crippen LogP contribution in [0.1, 0.15) is 17.3 Å². The Balaban J connectivity index is 1.90. The Bertz CT molecular complexity index is 756. The summed E-state index contributed by atoms with van der Waals surface area (Å²) >= 11 is 0. The van der Waals surface area contributed by atoms with Crippen molar-refractivity contribution < 1.29 is 27.5 Å². The van der Waals surface area contributed by atoms with E-state index < -0.39 is 41.4 Å². The SMILES string of the molecule is CCOc1ccc(NC(=O)CNC(=O)c2cc(F)c(F)c(F)c2)cc1. The van der Waals surface area contributed by atoms with Crippen molar-refractivity contribution in [2.45, 2.75) is 6.92 Å². The van der Waals surface area contributed by atoms with Gasteiger partial charge < -0.3 is 15.4 Å². The van der Waals surface area contributed by atoms with Crippen molar-refractivity contribution in [3.63, 3.8) is 0 Å². The molecular weight excluding hydrogens is 337 g/mol. The van der Waals surface area contributed by atoms with Gasteiger partial charge in [0, 0.05) is 11.3 Å². The predicted octanol–water partition coefficient (Wildman–Crippen LogP) is 2.87. The number of ether oxygens (including phenoxy) is 1. The zero-order valence-electron chi connectivity index (χ0n) is 13.2. The van der Waals surface area contributed by atoms with Crippen molar-refractivity contribution >= 4 is 17.5 Å². The second-order valence-electron chi connectivity index (χ2n) is 4.94. The number of nitrogens with one attached hydrogen (secondary N) is 2. The Morgan fingerprint density at radius 2 is 1.64 bits per heavy atom. The molecule has 8 heteroatoms. The zero-order chi connectivity index (χ0) is 18.4. The molecule has 0 saturated heterocycles. The summed E-state index contributed by atoms with van der Waals surface area (Å²) in [4.78, 5) is 23.6. The minimum atomic E-state index is -1.66. The molecule has 5 nitrogen and oxygen atoms in total. The first-order chi connectivity index (χ1) is 11.9. The van der Waals surface area contributed by atoms with Gasteiger partial charge in [-0.2, -0.15) is 0 Å². The van der Waals surface area contributed by atoms with Gasteiger partial charge in [-0.05, 0) is 43.3 Å². The third-order valence-corrected chi connectivity index (χ3v) is 3.10. The summed E-state index contributed by atoms with van der Waals surface area (Å²) < 4.78 is 44.3. The maximum atomic E-state index is 13.1. The highest BCUT2D eigenvalue weighted by Gasteiger charge is 2.15. The molecule has 2 aromatic rings. The number of carbonyl (C=O) groups is 2. The van der Waals surface area contributed by atoms with Gasteiger partial charge in [0.2, 0.25) is 5.91 Å². The highest BCUT2D eigenvalue weighted by atomic mass is 19.2. The quantitative estimate of drug-likeness (QED) is 0.786. The Labute approximate surface area is 141 Å². The lowest BCUT2D eigenvalue weighted by Gasteiger charge is -2.08. The number of carbonyl (C=O) groups excluding carboxylic acids is 2. The van der Waals surface area contributed by atoms with E-state index in [-0.39, 0.29) is 0 Å². The van der Waals surface area contributed by atoms with E-state index in [1.165, 1.54) is 0 Å². The molecule has 2 aromatic carbocycles. The second kappa shape index (κ2) is 8.18. The molecule has 0 saturated carbocycles. The Morgan fingerprint density at radius 1 is 1.04 bits per heavy atom. The van der Waals surface area contributed by atoms with Crippen LogP contribution in [0.2, 0.25) is 0 Å². The molecule has 0 aliphatic rings. The van der Waals surface area contributed by atoms with Crippen LogP contribution >= 0.6 is 0 Å². The summed E-state index contributed by atoms with van der Waals surface area (Å²) in [5, 5.41) is 4.73. The number of anilines is 1. The molecule has 0 aromatic heterocycles. The van der Waals surface area contributed by atoms with Crippen molar-refractivity contribution in [2.24, 2.45) is 0 Å². The summed E-state index contributed by atoms with van der Waals surface area (Å²) in [6, 6.07) is 7.69. The maximum Gasteiger partial charge on any atom is 0.251 e. The molecule has 0 aliphatic carbocycles. The van der Waals surface area contributed by atoms with Gasteiger partial charge in [-0.1, -0.05) is 0 Å². The first-order valence-electron chi connectivity index (χ1n) is 7.36. The molecule has 2 amide bonds. The van der Waals surface area contributed by atoms with E-state index in [2.05, 4.69) is 10.6 Å². The highest BCUT2D eigenvalue weighted by molar-refractivity contribution is 5.99. The number of benzene rings is 2. The van der Waals surface area contributed by atoms with Crippen LogP contribution in [0, 0.1) is 17.5 Å². The van der Waals surface area contributed by atoms with E-state index in [4.69, 9.17) is 4.74 Å². The summed E-state index contributed by atoms with van der Waals surface area (Å²) in [5.74, 6) is -5.42. The Hall–Kier alpha value is -3.03. The molecule has 2 rings (SSSR count). The van der Waals surface area contributed by atoms with Crippen molar-refractivity contribution in [1.82, 2.24) is 5.32 Å². The third-order valence-electron chi connectivity index (χ3n) is 3.10. The van der Waals surface area contributed by atoms with E-state index in [9.17, 15) is 22.8 Å². The summed E-state index contributed by atoms with van der Waals surface area (Å²) in [6.07, 6.45) is 0. The second-order valence-corrected chi connectivity index (χ2v) is 4.94. The fourth-order valence-electron chi connectivity index (χ4n) is 1.96. The van der Waals surface area contributed by atoms with Gasteiger partial charge in [0.25, 0.3) is 5.91 Å². The molecule has 0 atom stereocenters. The monoisotopic (exact) mass is 352 g/mol. The average Bonchev–Trinajstić information content (AvgIpc) is 2.59. The maximum absolute atomic E-state index is 13.1. The smallest absolute Gasteiger partial charge is 0.251 e. The molecular formula is C17H15F3N2O3. The first-order valence-corrected chi connectivity index (χ1v) is 7.36. The van der Waals surface area contributed by atoms with Gasteiger partial charge in [-0.3, -0.25) is 9.59 Å². The third kappa shape index (κ3) is 4.97. The largest absolute Gasteiger partial charge is 0.494 e. The van der Waals surface area contributed by atoms with Crippen molar-refractivity contribution in [2.75, 3.05) is 18.5 Å². The molecule has 0 spiro atoms. The number of amides is 2. The van der Waals surface area contributed by atoms with Crippen molar-refractivity contribution in [1.29, 1.82) is 0 Å². The molecule has 132 valence electrons. The van der Waals surface area contributed by atoms with Gasteiger partial charge in [-0.15, -0.1) is 0 Å². The summed E-state index contributed by atoms with van der Waals surface area (Å²) in [6.45, 7) is 1.94. The summed E-state index contributed by atoms with van der Waals surface area (Å²) in [5.41, 5.74) is 0.0619. The molecule has 0 radical (unpaired) electrons. The molecule has 0 aliphatic heterocycles. The highest BCUT2D eigenvalue weighted by Crippen LogP contribution is 2.15. The van der Waals surface area contributed by atoms with Gasteiger partial charge in [-0.25, -0.2) is 13.2 Å². The normalized spacial score (nSPS) is 10.2. The Morgan fingerprint density at radius 3 is 2.20 bits per heavy atom. The number of rotatable bonds is 6. The van der Waals surface area contributed by atoms with Crippen LogP contribution in [0.4, 0.5) is 18.9 Å². The van der Waals surface area contributed by atoms with Gasteiger partial charge in [0.15, 0.2) is 17.5 Å². The lowest BCUT2D eigenvalue weighted by molar-refractivity contribution is -0.115. The first kappa shape index (κ1) is 18.3. The fourth-order valence-corrected chi connectivity index (χ4v) is 1.96. The van der Waals surface area contributed by atoms with Crippen LogP contribution < -0.4 is 15.4 Å². The number of hydrogen-bond acceptors (Lipinski definition) is 3. The van der Waals surface area contributed by atoms with Crippen LogP contribution in [0.5, 0.6) is 5.75 Å². The minimum absolute atomic E-state index is 0.424. The van der Waals surface area contributed by atoms with E-state index in [0.717, 1.165) is 0 Å². The van der Waals surface area contributed by atoms with Crippen LogP contribution in [-0.2, 0) is 4.79 Å². The van der Waals surface area contributed by atoms with Gasteiger partial charge in [0.1, 0.15) is 5.75 Å². The zero-order valence-corrected chi connectivity index (χ0v) is 13.2. The van der Waals surface area contributed by atoms with E-state index in [1.807, 2.05) is 6.92 Å². The van der Waals surface area contributed by atoms with Crippen molar-refractivity contribution in [3.05, 3.63) is 59.4 Å². The van der Waals surface area contributed by atoms with Gasteiger partial charge in [0.05, 0.1) is 13.2 Å². The molecule has 25 heavy (non-hydrogen) atoms.